The van der Waals surface area contributed by atoms with Crippen LogP contribution in [0.2, 0.25) is 0 Å². The molecule has 0 spiro atoms. The molecule has 1 saturated heterocycles. The molecule has 2 nitrogen and oxygen atoms in total. The molecule has 2 heteroatoms. The average molecular weight is 217 g/mol. The molecule has 1 atom stereocenters. The van der Waals surface area contributed by atoms with Crippen LogP contribution in [0.25, 0.3) is 0 Å². The van der Waals surface area contributed by atoms with Gasteiger partial charge in [-0.1, -0.05) is 43.3 Å². The Morgan fingerprint density at radius 3 is 2.56 bits per heavy atom. The summed E-state index contributed by atoms with van der Waals surface area (Å²) in [4.78, 5) is 2.32. The molecule has 1 fully saturated rings. The number of rotatable bonds is 3. The van der Waals surface area contributed by atoms with E-state index in [9.17, 15) is 0 Å². The van der Waals surface area contributed by atoms with Gasteiger partial charge in [0, 0.05) is 19.0 Å². The van der Waals surface area contributed by atoms with E-state index in [4.69, 9.17) is 4.74 Å². The molecule has 0 bridgehead atoms. The second-order valence-electron chi connectivity index (χ2n) is 4.19. The molecule has 0 aliphatic carbocycles. The molecule has 1 aliphatic rings. The summed E-state index contributed by atoms with van der Waals surface area (Å²) in [7, 11) is 0. The van der Waals surface area contributed by atoms with Crippen molar-refractivity contribution in [1.82, 2.24) is 4.90 Å². The lowest BCUT2D eigenvalue weighted by molar-refractivity contribution is 0.0592. The molecule has 86 valence electrons. The minimum Gasteiger partial charge on any atom is -0.378 e. The van der Waals surface area contributed by atoms with Crippen LogP contribution in [-0.2, 0) is 4.74 Å². The fourth-order valence-corrected chi connectivity index (χ4v) is 1.85. The fraction of sp³-hybridized carbons (Fsp3) is 0.429. The van der Waals surface area contributed by atoms with Gasteiger partial charge in [0.15, 0.2) is 0 Å². The zero-order valence-corrected chi connectivity index (χ0v) is 9.80. The quantitative estimate of drug-likeness (QED) is 0.771. The summed E-state index contributed by atoms with van der Waals surface area (Å²) in [5.74, 6) is 0.476. The van der Waals surface area contributed by atoms with Crippen LogP contribution < -0.4 is 0 Å². The lowest BCUT2D eigenvalue weighted by Crippen LogP contribution is -2.32. The molecule has 1 aromatic rings. The van der Waals surface area contributed by atoms with Gasteiger partial charge in [-0.25, -0.2) is 0 Å². The second kappa shape index (κ2) is 5.71. The van der Waals surface area contributed by atoms with Gasteiger partial charge in [-0.15, -0.1) is 0 Å². The summed E-state index contributed by atoms with van der Waals surface area (Å²) < 4.78 is 5.32. The molecule has 0 saturated carbocycles. The van der Waals surface area contributed by atoms with Crippen LogP contribution in [0.1, 0.15) is 18.4 Å². The highest BCUT2D eigenvalue weighted by Crippen LogP contribution is 2.16. The normalized spacial score (nSPS) is 18.9. The van der Waals surface area contributed by atoms with Gasteiger partial charge in [0.1, 0.15) is 0 Å². The van der Waals surface area contributed by atoms with Crippen LogP contribution in [0.3, 0.4) is 0 Å². The van der Waals surface area contributed by atoms with Gasteiger partial charge in [-0.05, 0) is 11.8 Å². The lowest BCUT2D eigenvalue weighted by Gasteiger charge is -2.25. The van der Waals surface area contributed by atoms with Crippen molar-refractivity contribution in [3.8, 4) is 0 Å². The SMILES string of the molecule is CC(/C=C/N1CCOCC1)c1ccccc1. The van der Waals surface area contributed by atoms with Crippen molar-refractivity contribution >= 4 is 0 Å². The molecule has 16 heavy (non-hydrogen) atoms. The van der Waals surface area contributed by atoms with Crippen molar-refractivity contribution in [3.63, 3.8) is 0 Å². The van der Waals surface area contributed by atoms with E-state index in [1.54, 1.807) is 0 Å². The third-order valence-corrected chi connectivity index (χ3v) is 2.96. The summed E-state index contributed by atoms with van der Waals surface area (Å²) in [6.45, 7) is 5.95. The van der Waals surface area contributed by atoms with Crippen LogP contribution in [0, 0.1) is 0 Å². The molecule has 0 radical (unpaired) electrons. The monoisotopic (exact) mass is 217 g/mol. The smallest absolute Gasteiger partial charge is 0.0642 e. The summed E-state index contributed by atoms with van der Waals surface area (Å²) in [6, 6.07) is 10.6. The van der Waals surface area contributed by atoms with E-state index < -0.39 is 0 Å². The first-order valence-corrected chi connectivity index (χ1v) is 5.91. The van der Waals surface area contributed by atoms with Crippen LogP contribution in [0.15, 0.2) is 42.6 Å². The van der Waals surface area contributed by atoms with Crippen molar-refractivity contribution in [2.45, 2.75) is 12.8 Å². The highest BCUT2D eigenvalue weighted by Gasteiger charge is 2.06. The Kier molecular flexibility index (Phi) is 4.00. The van der Waals surface area contributed by atoms with Crippen molar-refractivity contribution in [3.05, 3.63) is 48.2 Å². The predicted octanol–water partition coefficient (Wildman–Crippen LogP) is 2.64. The van der Waals surface area contributed by atoms with Crippen LogP contribution in [0.4, 0.5) is 0 Å². The summed E-state index contributed by atoms with van der Waals surface area (Å²) in [6.07, 6.45) is 4.47. The molecule has 1 heterocycles. The van der Waals surface area contributed by atoms with E-state index in [1.807, 2.05) is 0 Å². The molecule has 1 unspecified atom stereocenters. The van der Waals surface area contributed by atoms with E-state index in [0.717, 1.165) is 26.3 Å². The minimum absolute atomic E-state index is 0.476. The third-order valence-electron chi connectivity index (χ3n) is 2.96. The van der Waals surface area contributed by atoms with Crippen molar-refractivity contribution in [2.75, 3.05) is 26.3 Å². The maximum absolute atomic E-state index is 5.32. The highest BCUT2D eigenvalue weighted by atomic mass is 16.5. The molecule has 1 aliphatic heterocycles. The number of ether oxygens (including phenoxy) is 1. The Labute approximate surface area is 97.5 Å². The molecule has 0 N–H and O–H groups in total. The van der Waals surface area contributed by atoms with Crippen molar-refractivity contribution in [2.24, 2.45) is 0 Å². The van der Waals surface area contributed by atoms with Gasteiger partial charge in [0.05, 0.1) is 13.2 Å². The van der Waals surface area contributed by atoms with E-state index in [1.165, 1.54) is 5.56 Å². The second-order valence-corrected chi connectivity index (χ2v) is 4.19. The maximum Gasteiger partial charge on any atom is 0.0642 e. The number of hydrogen-bond donors (Lipinski definition) is 0. The van der Waals surface area contributed by atoms with Gasteiger partial charge >= 0.3 is 0 Å². The molecule has 2 rings (SSSR count). The van der Waals surface area contributed by atoms with Gasteiger partial charge in [0.25, 0.3) is 0 Å². The molecule has 0 amide bonds. The number of nitrogens with zero attached hydrogens (tertiary/aromatic N) is 1. The molecule has 1 aromatic carbocycles. The van der Waals surface area contributed by atoms with E-state index in [-0.39, 0.29) is 0 Å². The Bertz CT molecular complexity index is 328. The zero-order chi connectivity index (χ0) is 11.2. The van der Waals surface area contributed by atoms with Gasteiger partial charge in [0.2, 0.25) is 0 Å². The van der Waals surface area contributed by atoms with Crippen LogP contribution in [-0.4, -0.2) is 31.2 Å². The predicted molar refractivity (Wildman–Crippen MR) is 66.4 cm³/mol. The van der Waals surface area contributed by atoms with Gasteiger partial charge < -0.3 is 9.64 Å². The first-order chi connectivity index (χ1) is 7.86. The average Bonchev–Trinajstić information content (AvgIpc) is 2.38. The van der Waals surface area contributed by atoms with E-state index in [2.05, 4.69) is 54.4 Å². The van der Waals surface area contributed by atoms with Crippen LogP contribution >= 0.6 is 0 Å². The summed E-state index contributed by atoms with van der Waals surface area (Å²) in [5, 5.41) is 0. The lowest BCUT2D eigenvalue weighted by atomic mass is 10.0. The Morgan fingerprint density at radius 1 is 1.19 bits per heavy atom. The standard InChI is InChI=1S/C14H19NO/c1-13(14-5-3-2-4-6-14)7-8-15-9-11-16-12-10-15/h2-8,13H,9-12H2,1H3/b8-7+. The molecular weight excluding hydrogens is 198 g/mol. The van der Waals surface area contributed by atoms with Crippen LogP contribution in [0.5, 0.6) is 0 Å². The Hall–Kier alpha value is -1.28. The molecule has 0 aromatic heterocycles. The summed E-state index contributed by atoms with van der Waals surface area (Å²) in [5.41, 5.74) is 1.37. The Morgan fingerprint density at radius 2 is 1.88 bits per heavy atom. The number of allylic oxidation sites excluding steroid dienone is 1. The van der Waals surface area contributed by atoms with Gasteiger partial charge in [-0.2, -0.15) is 0 Å². The Balaban J connectivity index is 1.91. The molecular formula is C14H19NO. The minimum atomic E-state index is 0.476. The number of hydrogen-bond acceptors (Lipinski definition) is 2. The van der Waals surface area contributed by atoms with Gasteiger partial charge in [-0.3, -0.25) is 0 Å². The summed E-state index contributed by atoms with van der Waals surface area (Å²) >= 11 is 0. The third kappa shape index (κ3) is 3.11. The topological polar surface area (TPSA) is 12.5 Å². The van der Waals surface area contributed by atoms with Crippen molar-refractivity contribution in [1.29, 1.82) is 0 Å². The maximum atomic E-state index is 5.32. The van der Waals surface area contributed by atoms with E-state index in [0.29, 0.717) is 5.92 Å². The fourth-order valence-electron chi connectivity index (χ4n) is 1.85. The van der Waals surface area contributed by atoms with Crippen molar-refractivity contribution < 1.29 is 4.74 Å². The zero-order valence-electron chi connectivity index (χ0n) is 9.80. The van der Waals surface area contributed by atoms with E-state index >= 15 is 0 Å². The number of morpholine rings is 1. The largest absolute Gasteiger partial charge is 0.378 e. The number of benzene rings is 1. The first kappa shape index (κ1) is 11.2. The first-order valence-electron chi connectivity index (χ1n) is 5.91. The highest BCUT2D eigenvalue weighted by molar-refractivity contribution is 5.22.